The molecule has 0 spiro atoms. The molecular formula is C13H15ClN2O4S2. The van der Waals surface area contributed by atoms with Crippen LogP contribution in [0.15, 0.2) is 29.2 Å². The maximum absolute atomic E-state index is 12.8. The van der Waals surface area contributed by atoms with Gasteiger partial charge >= 0.3 is 5.04 Å². The average Bonchev–Trinajstić information content (AvgIpc) is 2.48. The summed E-state index contributed by atoms with van der Waals surface area (Å²) in [6, 6.07) is 5.67. The van der Waals surface area contributed by atoms with Crippen LogP contribution < -0.4 is 0 Å². The van der Waals surface area contributed by atoms with Crippen LogP contribution in [-0.4, -0.2) is 31.4 Å². The number of sulfone groups is 1. The van der Waals surface area contributed by atoms with Crippen molar-refractivity contribution < 1.29 is 21.6 Å². The lowest BCUT2D eigenvalue weighted by Crippen LogP contribution is -2.46. The van der Waals surface area contributed by atoms with Gasteiger partial charge in [0.2, 0.25) is 0 Å². The molecule has 0 aliphatic heterocycles. The molecule has 1 aromatic carbocycles. The van der Waals surface area contributed by atoms with Crippen LogP contribution in [-0.2, 0) is 20.5 Å². The number of halogens is 1. The fraction of sp³-hybridized carbons (Fsp3) is 0.462. The quantitative estimate of drug-likeness (QED) is 0.292. The highest BCUT2D eigenvalue weighted by molar-refractivity contribution is 8.07. The van der Waals surface area contributed by atoms with Crippen molar-refractivity contribution in [1.29, 1.82) is 0 Å². The van der Waals surface area contributed by atoms with Crippen LogP contribution in [0.25, 0.3) is 5.53 Å². The summed E-state index contributed by atoms with van der Waals surface area (Å²) >= 11 is 5.91. The smallest absolute Gasteiger partial charge is 0.360 e. The lowest BCUT2D eigenvalue weighted by molar-refractivity contribution is -0.00739. The average molecular weight is 363 g/mol. The summed E-state index contributed by atoms with van der Waals surface area (Å²) in [5.74, 6) is 0. The molecule has 0 bridgehead atoms. The van der Waals surface area contributed by atoms with Crippen molar-refractivity contribution in [3.63, 3.8) is 0 Å². The molecule has 0 N–H and O–H groups in total. The molecule has 1 aliphatic rings. The largest absolute Gasteiger partial charge is 0.406 e. The van der Waals surface area contributed by atoms with Crippen LogP contribution >= 0.6 is 11.6 Å². The molecule has 0 amide bonds. The van der Waals surface area contributed by atoms with Gasteiger partial charge in [-0.15, -0.1) is 0 Å². The van der Waals surface area contributed by atoms with Crippen LogP contribution in [0.5, 0.6) is 0 Å². The summed E-state index contributed by atoms with van der Waals surface area (Å²) in [5, 5.41) is -0.778. The Morgan fingerprint density at radius 1 is 1.18 bits per heavy atom. The minimum absolute atomic E-state index is 0.0456. The lowest BCUT2D eigenvalue weighted by atomic mass is 9.89. The Kier molecular flexibility index (Phi) is 5.07. The lowest BCUT2D eigenvalue weighted by Gasteiger charge is -2.27. The van der Waals surface area contributed by atoms with Crippen molar-refractivity contribution in [2.75, 3.05) is 0 Å². The van der Waals surface area contributed by atoms with E-state index in [2.05, 4.69) is 4.79 Å². The molecule has 0 unspecified atom stereocenters. The predicted molar refractivity (Wildman–Crippen MR) is 83.4 cm³/mol. The van der Waals surface area contributed by atoms with Crippen molar-refractivity contribution >= 4 is 37.2 Å². The first-order valence-corrected chi connectivity index (χ1v) is 9.77. The molecular weight excluding hydrogens is 348 g/mol. The van der Waals surface area contributed by atoms with E-state index in [0.29, 0.717) is 12.8 Å². The molecule has 9 heteroatoms. The van der Waals surface area contributed by atoms with Gasteiger partial charge in [0.1, 0.15) is 0 Å². The van der Waals surface area contributed by atoms with Gasteiger partial charge in [-0.1, -0.05) is 43.0 Å². The molecule has 1 saturated carbocycles. The Balaban J connectivity index is 2.66. The Hall–Kier alpha value is -1.21. The number of hydrogen-bond donors (Lipinski definition) is 1. The van der Waals surface area contributed by atoms with E-state index in [1.165, 1.54) is 18.2 Å². The number of thiol groups is 1. The van der Waals surface area contributed by atoms with Gasteiger partial charge in [0.25, 0.3) is 9.84 Å². The van der Waals surface area contributed by atoms with Gasteiger partial charge in [-0.05, 0) is 25.0 Å². The van der Waals surface area contributed by atoms with Crippen LogP contribution in [0.4, 0.5) is 0 Å². The first-order chi connectivity index (χ1) is 10.4. The Morgan fingerprint density at radius 3 is 2.27 bits per heavy atom. The van der Waals surface area contributed by atoms with Crippen LogP contribution in [0.3, 0.4) is 0 Å². The second-order valence-electron chi connectivity index (χ2n) is 5.19. The molecule has 1 fully saturated rings. The molecule has 1 aromatic rings. The van der Waals surface area contributed by atoms with Crippen LogP contribution in [0, 0.1) is 0 Å². The Morgan fingerprint density at radius 2 is 1.77 bits per heavy atom. The Bertz CT molecular complexity index is 797. The van der Waals surface area contributed by atoms with Gasteiger partial charge in [-0.25, -0.2) is 16.8 Å². The first-order valence-electron chi connectivity index (χ1n) is 6.73. The summed E-state index contributed by atoms with van der Waals surface area (Å²) in [6.07, 6.45) is 2.17. The summed E-state index contributed by atoms with van der Waals surface area (Å²) in [5.41, 5.74) is 9.28. The second-order valence-corrected chi connectivity index (χ2v) is 8.80. The van der Waals surface area contributed by atoms with E-state index >= 15 is 0 Å². The molecule has 0 atom stereocenters. The predicted octanol–water partition coefficient (Wildman–Crippen LogP) is 2.06. The highest BCUT2D eigenvalue weighted by atomic mass is 35.5. The molecule has 0 heterocycles. The molecule has 0 saturated heterocycles. The summed E-state index contributed by atoms with van der Waals surface area (Å²) in [4.78, 5) is 2.62. The van der Waals surface area contributed by atoms with E-state index in [-0.39, 0.29) is 22.8 Å². The highest BCUT2D eigenvalue weighted by Gasteiger charge is 2.54. The van der Waals surface area contributed by atoms with Crippen molar-refractivity contribution in [1.82, 2.24) is 0 Å². The molecule has 120 valence electrons. The summed E-state index contributed by atoms with van der Waals surface area (Å²) < 4.78 is 47.4. The van der Waals surface area contributed by atoms with Crippen LogP contribution in [0.2, 0.25) is 5.02 Å². The van der Waals surface area contributed by atoms with E-state index in [0.717, 1.165) is 6.42 Å². The summed E-state index contributed by atoms with van der Waals surface area (Å²) in [6.45, 7) is 0. The Labute approximate surface area is 135 Å². The van der Waals surface area contributed by atoms with E-state index in [1.54, 1.807) is 6.07 Å². The first kappa shape index (κ1) is 17.1. The molecule has 6 nitrogen and oxygen atoms in total. The summed E-state index contributed by atoms with van der Waals surface area (Å²) in [7, 11) is -7.43. The van der Waals surface area contributed by atoms with E-state index < -0.39 is 30.3 Å². The van der Waals surface area contributed by atoms with Gasteiger partial charge in [-0.3, -0.25) is 0 Å². The number of benzene rings is 1. The van der Waals surface area contributed by atoms with E-state index in [4.69, 9.17) is 11.6 Å². The third-order valence-corrected chi connectivity index (χ3v) is 7.77. The molecule has 0 radical (unpaired) electrons. The maximum atomic E-state index is 12.8. The minimum Gasteiger partial charge on any atom is -0.360 e. The van der Waals surface area contributed by atoms with Crippen molar-refractivity contribution in [3.05, 3.63) is 34.8 Å². The zero-order chi connectivity index (χ0) is 16.4. The van der Waals surface area contributed by atoms with Gasteiger partial charge < -0.3 is 5.53 Å². The standard InChI is InChI=1S/C13H15ClN2O4S2/c14-10-6-2-3-7-11(10)22(19,20)12(16-15)13(21(17)18)8-4-1-5-9-13/h2-3,6-7,21H,1,4-5,8-9H2. The normalized spacial score (nSPS) is 17.9. The van der Waals surface area contributed by atoms with Crippen molar-refractivity contribution in [2.45, 2.75) is 41.7 Å². The van der Waals surface area contributed by atoms with Gasteiger partial charge in [0, 0.05) is 0 Å². The zero-order valence-electron chi connectivity index (χ0n) is 11.6. The SMILES string of the molecule is [N-]=[N+]=C(C1([SH](=O)=O)CCCCC1)S(=O)(=O)c1ccccc1Cl. The molecule has 1 aliphatic carbocycles. The molecule has 22 heavy (non-hydrogen) atoms. The minimum atomic E-state index is -4.30. The van der Waals surface area contributed by atoms with E-state index in [9.17, 15) is 22.4 Å². The van der Waals surface area contributed by atoms with Crippen LogP contribution in [0.1, 0.15) is 32.1 Å². The van der Waals surface area contributed by atoms with Gasteiger partial charge in [-0.2, -0.15) is 4.79 Å². The topological polar surface area (TPSA) is 105 Å². The molecule has 0 aromatic heterocycles. The van der Waals surface area contributed by atoms with Crippen molar-refractivity contribution in [2.24, 2.45) is 0 Å². The third kappa shape index (κ3) is 2.84. The zero-order valence-corrected chi connectivity index (χ0v) is 14.1. The fourth-order valence-electron chi connectivity index (χ4n) is 2.77. The van der Waals surface area contributed by atoms with Gasteiger partial charge in [0.05, 0.1) is 9.92 Å². The number of nitrogens with zero attached hydrogens (tertiary/aromatic N) is 2. The van der Waals surface area contributed by atoms with Crippen molar-refractivity contribution in [3.8, 4) is 0 Å². The molecule has 2 rings (SSSR count). The fourth-order valence-corrected chi connectivity index (χ4v) is 6.28. The second kappa shape index (κ2) is 6.50. The monoisotopic (exact) mass is 362 g/mol. The number of rotatable bonds is 3. The number of hydrogen-bond acceptors (Lipinski definition) is 4. The maximum Gasteiger partial charge on any atom is 0.406 e. The van der Waals surface area contributed by atoms with E-state index in [1.807, 2.05) is 0 Å². The highest BCUT2D eigenvalue weighted by Crippen LogP contribution is 2.36. The van der Waals surface area contributed by atoms with Gasteiger partial charge in [0.15, 0.2) is 15.5 Å². The third-order valence-electron chi connectivity index (χ3n) is 3.90.